The molecule has 3 rings (SSSR count). The van der Waals surface area contributed by atoms with Crippen molar-refractivity contribution < 1.29 is 14.3 Å². The van der Waals surface area contributed by atoms with E-state index < -0.39 is 0 Å². The zero-order valence-corrected chi connectivity index (χ0v) is 18.3. The summed E-state index contributed by atoms with van der Waals surface area (Å²) in [5.74, 6) is 0.867. The third-order valence-corrected chi connectivity index (χ3v) is 5.28. The summed E-state index contributed by atoms with van der Waals surface area (Å²) in [6, 6.07) is 10.9. The van der Waals surface area contributed by atoms with Gasteiger partial charge in [-0.25, -0.2) is 4.98 Å². The number of anilines is 1. The smallest absolute Gasteiger partial charge is 0.255 e. The van der Waals surface area contributed by atoms with Gasteiger partial charge < -0.3 is 25.2 Å². The maximum atomic E-state index is 12.4. The molecular weight excluding hydrogens is 394 g/mol. The molecule has 8 heteroatoms. The van der Waals surface area contributed by atoms with E-state index in [0.29, 0.717) is 24.5 Å². The molecule has 2 heterocycles. The van der Waals surface area contributed by atoms with Gasteiger partial charge in [-0.2, -0.15) is 0 Å². The number of nitrogens with one attached hydrogen (secondary N) is 2. The van der Waals surface area contributed by atoms with E-state index in [0.717, 1.165) is 44.1 Å². The predicted molar refractivity (Wildman–Crippen MR) is 120 cm³/mol. The first-order valence-corrected chi connectivity index (χ1v) is 10.8. The number of para-hydroxylation sites is 1. The van der Waals surface area contributed by atoms with Crippen molar-refractivity contribution in [2.45, 2.75) is 20.4 Å². The Morgan fingerprint density at radius 3 is 2.48 bits per heavy atom. The van der Waals surface area contributed by atoms with Crippen LogP contribution in [0.3, 0.4) is 0 Å². The SMILES string of the molecule is CCOc1ccccc1C(=O)NCC(=O)NCc1ccc(N2CCN(CC)CC2)nc1. The molecule has 2 aromatic rings. The zero-order chi connectivity index (χ0) is 22.1. The number of benzene rings is 1. The van der Waals surface area contributed by atoms with Crippen LogP contribution in [0.2, 0.25) is 0 Å². The minimum atomic E-state index is -0.339. The number of pyridine rings is 1. The van der Waals surface area contributed by atoms with Gasteiger partial charge in [0.2, 0.25) is 5.91 Å². The summed E-state index contributed by atoms with van der Waals surface area (Å²) in [5.41, 5.74) is 1.33. The van der Waals surface area contributed by atoms with Crippen LogP contribution in [-0.4, -0.2) is 67.6 Å². The molecule has 8 nitrogen and oxygen atoms in total. The van der Waals surface area contributed by atoms with E-state index in [1.54, 1.807) is 30.5 Å². The van der Waals surface area contributed by atoms with Crippen molar-refractivity contribution >= 4 is 17.6 Å². The van der Waals surface area contributed by atoms with Gasteiger partial charge in [0.25, 0.3) is 5.91 Å². The average Bonchev–Trinajstić information content (AvgIpc) is 2.82. The zero-order valence-electron chi connectivity index (χ0n) is 18.3. The quantitative estimate of drug-likeness (QED) is 0.636. The number of ether oxygens (including phenoxy) is 1. The van der Waals surface area contributed by atoms with E-state index in [4.69, 9.17) is 4.74 Å². The van der Waals surface area contributed by atoms with Crippen LogP contribution in [-0.2, 0) is 11.3 Å². The first-order valence-electron chi connectivity index (χ1n) is 10.8. The van der Waals surface area contributed by atoms with Crippen LogP contribution < -0.4 is 20.3 Å². The van der Waals surface area contributed by atoms with Crippen molar-refractivity contribution in [1.29, 1.82) is 0 Å². The van der Waals surface area contributed by atoms with Crippen molar-refractivity contribution in [2.75, 3.05) is 50.8 Å². The summed E-state index contributed by atoms with van der Waals surface area (Å²) in [6.07, 6.45) is 1.79. The highest BCUT2D eigenvalue weighted by atomic mass is 16.5. The van der Waals surface area contributed by atoms with Crippen LogP contribution in [0.1, 0.15) is 29.8 Å². The number of likely N-dealkylation sites (N-methyl/N-ethyl adjacent to an activating group) is 1. The van der Waals surface area contributed by atoms with E-state index in [-0.39, 0.29) is 18.4 Å². The Bertz CT molecular complexity index is 864. The van der Waals surface area contributed by atoms with Crippen LogP contribution in [0.4, 0.5) is 5.82 Å². The second-order valence-corrected chi connectivity index (χ2v) is 7.33. The largest absolute Gasteiger partial charge is 0.493 e. The fourth-order valence-corrected chi connectivity index (χ4v) is 3.46. The van der Waals surface area contributed by atoms with Crippen molar-refractivity contribution in [2.24, 2.45) is 0 Å². The van der Waals surface area contributed by atoms with E-state index in [2.05, 4.69) is 32.3 Å². The summed E-state index contributed by atoms with van der Waals surface area (Å²) in [7, 11) is 0. The normalized spacial score (nSPS) is 14.2. The van der Waals surface area contributed by atoms with Crippen molar-refractivity contribution in [3.05, 3.63) is 53.7 Å². The third-order valence-electron chi connectivity index (χ3n) is 5.28. The lowest BCUT2D eigenvalue weighted by Gasteiger charge is -2.34. The first kappa shape index (κ1) is 22.6. The van der Waals surface area contributed by atoms with Crippen LogP contribution in [0.15, 0.2) is 42.6 Å². The number of amides is 2. The lowest BCUT2D eigenvalue weighted by molar-refractivity contribution is -0.120. The molecule has 0 aliphatic carbocycles. The molecule has 2 N–H and O–H groups in total. The summed E-state index contributed by atoms with van der Waals surface area (Å²) in [4.78, 5) is 33.8. The maximum Gasteiger partial charge on any atom is 0.255 e. The molecule has 0 radical (unpaired) electrons. The molecule has 0 bridgehead atoms. The van der Waals surface area contributed by atoms with Gasteiger partial charge in [0.15, 0.2) is 0 Å². The van der Waals surface area contributed by atoms with Crippen molar-refractivity contribution in [3.63, 3.8) is 0 Å². The summed E-state index contributed by atoms with van der Waals surface area (Å²) >= 11 is 0. The summed E-state index contributed by atoms with van der Waals surface area (Å²) < 4.78 is 5.46. The van der Waals surface area contributed by atoms with Crippen molar-refractivity contribution in [3.8, 4) is 5.75 Å². The number of carbonyl (C=O) groups excluding carboxylic acids is 2. The molecule has 0 spiro atoms. The van der Waals surface area contributed by atoms with E-state index >= 15 is 0 Å². The Balaban J connectivity index is 1.43. The van der Waals surface area contributed by atoms with Gasteiger partial charge in [0.05, 0.1) is 18.7 Å². The summed E-state index contributed by atoms with van der Waals surface area (Å²) in [6.45, 7) is 9.90. The third kappa shape index (κ3) is 6.42. The Hall–Kier alpha value is -3.13. The number of rotatable bonds is 9. The first-order chi connectivity index (χ1) is 15.1. The lowest BCUT2D eigenvalue weighted by Crippen LogP contribution is -2.46. The monoisotopic (exact) mass is 425 g/mol. The molecule has 1 saturated heterocycles. The van der Waals surface area contributed by atoms with E-state index in [1.807, 2.05) is 19.1 Å². The molecule has 166 valence electrons. The number of hydrogen-bond donors (Lipinski definition) is 2. The topological polar surface area (TPSA) is 86.8 Å². The average molecular weight is 426 g/mol. The van der Waals surface area contributed by atoms with Gasteiger partial charge in [-0.1, -0.05) is 25.1 Å². The lowest BCUT2D eigenvalue weighted by atomic mass is 10.2. The Kier molecular flexibility index (Phi) is 8.23. The van der Waals surface area contributed by atoms with Gasteiger partial charge in [0, 0.05) is 38.9 Å². The molecule has 0 saturated carbocycles. The molecule has 1 aromatic carbocycles. The van der Waals surface area contributed by atoms with Gasteiger partial charge in [-0.15, -0.1) is 0 Å². The Morgan fingerprint density at radius 2 is 1.81 bits per heavy atom. The molecule has 0 unspecified atom stereocenters. The Labute approximate surface area is 183 Å². The number of hydrogen-bond acceptors (Lipinski definition) is 6. The highest BCUT2D eigenvalue weighted by Gasteiger charge is 2.17. The van der Waals surface area contributed by atoms with Gasteiger partial charge >= 0.3 is 0 Å². The van der Waals surface area contributed by atoms with Crippen LogP contribution in [0.5, 0.6) is 5.75 Å². The molecule has 0 atom stereocenters. The summed E-state index contributed by atoms with van der Waals surface area (Å²) in [5, 5.41) is 5.45. The fraction of sp³-hybridized carbons (Fsp3) is 0.435. The number of aromatic nitrogens is 1. The molecule has 1 fully saturated rings. The number of nitrogens with zero attached hydrogens (tertiary/aromatic N) is 3. The van der Waals surface area contributed by atoms with Crippen LogP contribution >= 0.6 is 0 Å². The van der Waals surface area contributed by atoms with Gasteiger partial charge in [-0.3, -0.25) is 9.59 Å². The van der Waals surface area contributed by atoms with Crippen molar-refractivity contribution in [1.82, 2.24) is 20.5 Å². The number of piperazine rings is 1. The molecular formula is C23H31N5O3. The Morgan fingerprint density at radius 1 is 1.03 bits per heavy atom. The minimum Gasteiger partial charge on any atom is -0.493 e. The highest BCUT2D eigenvalue weighted by Crippen LogP contribution is 2.17. The molecule has 31 heavy (non-hydrogen) atoms. The second kappa shape index (κ2) is 11.3. The molecule has 1 aromatic heterocycles. The predicted octanol–water partition coefficient (Wildman–Crippen LogP) is 1.67. The number of carbonyl (C=O) groups is 2. The van der Waals surface area contributed by atoms with Crippen LogP contribution in [0, 0.1) is 0 Å². The van der Waals surface area contributed by atoms with E-state index in [9.17, 15) is 9.59 Å². The fourth-order valence-electron chi connectivity index (χ4n) is 3.46. The molecule has 1 aliphatic rings. The van der Waals surface area contributed by atoms with Gasteiger partial charge in [0.1, 0.15) is 11.6 Å². The van der Waals surface area contributed by atoms with Gasteiger partial charge in [-0.05, 0) is 37.2 Å². The van der Waals surface area contributed by atoms with Crippen LogP contribution in [0.25, 0.3) is 0 Å². The minimum absolute atomic E-state index is 0.105. The maximum absolute atomic E-state index is 12.4. The standard InChI is InChI=1S/C23H31N5O3/c1-3-27-11-13-28(14-12-27)21-10-9-18(15-24-21)16-25-22(29)17-26-23(30)19-7-5-6-8-20(19)31-4-2/h5-10,15H,3-4,11-14,16-17H2,1-2H3,(H,25,29)(H,26,30). The second-order valence-electron chi connectivity index (χ2n) is 7.33. The molecule has 2 amide bonds. The van der Waals surface area contributed by atoms with E-state index in [1.165, 1.54) is 0 Å². The highest BCUT2D eigenvalue weighted by molar-refractivity contribution is 5.98. The molecule has 1 aliphatic heterocycles.